The molecular weight excluding hydrogens is 419 g/mol. The number of alkyl halides is 3. The fourth-order valence-corrected chi connectivity index (χ4v) is 3.66. The molecule has 9 nitrogen and oxygen atoms in total. The highest BCUT2D eigenvalue weighted by Crippen LogP contribution is 2.36. The van der Waals surface area contributed by atoms with Crippen LogP contribution in [0.3, 0.4) is 0 Å². The van der Waals surface area contributed by atoms with E-state index in [9.17, 15) is 13.2 Å². The highest BCUT2D eigenvalue weighted by Gasteiger charge is 2.48. The van der Waals surface area contributed by atoms with Crippen LogP contribution in [0.4, 0.5) is 13.2 Å². The van der Waals surface area contributed by atoms with Crippen LogP contribution >= 0.6 is 0 Å². The van der Waals surface area contributed by atoms with Crippen LogP contribution in [0.15, 0.2) is 24.8 Å². The van der Waals surface area contributed by atoms with Crippen molar-refractivity contribution in [3.8, 4) is 5.88 Å². The second-order valence-electron chi connectivity index (χ2n) is 7.73. The summed E-state index contributed by atoms with van der Waals surface area (Å²) in [5, 5.41) is 11.3. The average Bonchev–Trinajstić information content (AvgIpc) is 3.05. The lowest BCUT2D eigenvalue weighted by molar-refractivity contribution is -0.192. The van der Waals surface area contributed by atoms with E-state index in [-0.39, 0.29) is 11.7 Å². The highest BCUT2D eigenvalue weighted by atomic mass is 19.4. The fourth-order valence-electron chi connectivity index (χ4n) is 3.66. The van der Waals surface area contributed by atoms with E-state index < -0.39 is 12.1 Å². The first-order valence-corrected chi connectivity index (χ1v) is 9.64. The predicted molar refractivity (Wildman–Crippen MR) is 101 cm³/mol. The molecule has 12 heteroatoms. The van der Waals surface area contributed by atoms with Crippen LogP contribution in [0.2, 0.25) is 0 Å². The molecule has 1 unspecified atom stereocenters. The van der Waals surface area contributed by atoms with Gasteiger partial charge in [0.2, 0.25) is 5.88 Å². The summed E-state index contributed by atoms with van der Waals surface area (Å²) < 4.78 is 45.7. The molecule has 0 aromatic carbocycles. The standard InChI is InChI=1S/C17H23N5O2.C2HF3O2/c1-13-6-18-8-16(20-13)24-15-3-4-23-17(5-15)11-22(12-17)10-14-7-19-21(2)9-14;3-2(4,5)1(6)7/h6-9,15H,3-5,10-12H2,1-2H3;(H,6,7). The summed E-state index contributed by atoms with van der Waals surface area (Å²) in [7, 11) is 1.95. The van der Waals surface area contributed by atoms with Crippen LogP contribution < -0.4 is 4.74 Å². The molecule has 2 aliphatic heterocycles. The van der Waals surface area contributed by atoms with Gasteiger partial charge in [-0.15, -0.1) is 0 Å². The predicted octanol–water partition coefficient (Wildman–Crippen LogP) is 1.96. The molecule has 4 rings (SSSR count). The molecule has 1 spiro atoms. The Morgan fingerprint density at radius 2 is 2.06 bits per heavy atom. The summed E-state index contributed by atoms with van der Waals surface area (Å²) in [6.45, 7) is 5.48. The molecule has 2 aliphatic rings. The zero-order valence-electron chi connectivity index (χ0n) is 17.2. The minimum absolute atomic E-state index is 0.0671. The normalized spacial score (nSPS) is 20.5. The van der Waals surface area contributed by atoms with Crippen molar-refractivity contribution in [2.45, 2.75) is 44.2 Å². The number of hydrogen-bond donors (Lipinski definition) is 1. The van der Waals surface area contributed by atoms with E-state index in [1.807, 2.05) is 24.9 Å². The molecule has 0 bridgehead atoms. The summed E-state index contributed by atoms with van der Waals surface area (Å²) in [6, 6.07) is 0. The summed E-state index contributed by atoms with van der Waals surface area (Å²) in [5.41, 5.74) is 2.05. The lowest BCUT2D eigenvalue weighted by Crippen LogP contribution is -2.65. The summed E-state index contributed by atoms with van der Waals surface area (Å²) in [5.74, 6) is -2.14. The van der Waals surface area contributed by atoms with Gasteiger partial charge in [0.1, 0.15) is 6.10 Å². The second-order valence-corrected chi connectivity index (χ2v) is 7.73. The van der Waals surface area contributed by atoms with Gasteiger partial charge in [-0.1, -0.05) is 0 Å². The molecule has 1 N–H and O–H groups in total. The number of aryl methyl sites for hydroxylation is 2. The van der Waals surface area contributed by atoms with E-state index in [1.165, 1.54) is 5.56 Å². The van der Waals surface area contributed by atoms with Gasteiger partial charge in [-0.3, -0.25) is 14.6 Å². The van der Waals surface area contributed by atoms with Crippen LogP contribution in [0.25, 0.3) is 0 Å². The molecule has 2 aromatic rings. The Bertz CT molecular complexity index is 899. The minimum atomic E-state index is -5.08. The van der Waals surface area contributed by atoms with Crippen molar-refractivity contribution < 1.29 is 32.5 Å². The van der Waals surface area contributed by atoms with E-state index in [4.69, 9.17) is 19.4 Å². The molecule has 0 amide bonds. The third-order valence-corrected chi connectivity index (χ3v) is 4.90. The van der Waals surface area contributed by atoms with E-state index in [2.05, 4.69) is 26.2 Å². The number of halogens is 3. The van der Waals surface area contributed by atoms with Gasteiger partial charge in [-0.05, 0) is 6.92 Å². The van der Waals surface area contributed by atoms with Crippen molar-refractivity contribution in [2.24, 2.45) is 7.05 Å². The number of aromatic nitrogens is 4. The largest absolute Gasteiger partial charge is 0.490 e. The van der Waals surface area contributed by atoms with Crippen molar-refractivity contribution in [3.63, 3.8) is 0 Å². The highest BCUT2D eigenvalue weighted by molar-refractivity contribution is 5.73. The third-order valence-electron chi connectivity index (χ3n) is 4.90. The van der Waals surface area contributed by atoms with Crippen LogP contribution in [0.5, 0.6) is 5.88 Å². The van der Waals surface area contributed by atoms with Crippen LogP contribution in [-0.2, 0) is 23.1 Å². The van der Waals surface area contributed by atoms with Crippen molar-refractivity contribution >= 4 is 5.97 Å². The number of aliphatic carboxylic acids is 1. The molecule has 31 heavy (non-hydrogen) atoms. The molecule has 0 aliphatic carbocycles. The zero-order valence-corrected chi connectivity index (χ0v) is 17.2. The molecule has 2 fully saturated rings. The maximum absolute atomic E-state index is 10.6. The molecule has 0 saturated carbocycles. The van der Waals surface area contributed by atoms with Gasteiger partial charge < -0.3 is 14.6 Å². The number of likely N-dealkylation sites (tertiary alicyclic amines) is 1. The van der Waals surface area contributed by atoms with E-state index in [0.717, 1.165) is 44.8 Å². The Balaban J connectivity index is 0.000000339. The Hall–Kier alpha value is -2.73. The Kier molecular flexibility index (Phi) is 6.80. The Labute approximate surface area is 176 Å². The third kappa shape index (κ3) is 6.37. The number of nitrogens with zero attached hydrogens (tertiary/aromatic N) is 5. The SMILES string of the molecule is Cc1cncc(OC2CCOC3(C2)CN(Cc2cnn(C)c2)C3)n1.O=C(O)C(F)(F)F. The zero-order chi connectivity index (χ0) is 22.6. The van der Waals surface area contributed by atoms with Crippen LogP contribution in [0.1, 0.15) is 24.1 Å². The summed E-state index contributed by atoms with van der Waals surface area (Å²) in [6.07, 6.45) is 4.29. The van der Waals surface area contributed by atoms with E-state index in [0.29, 0.717) is 5.88 Å². The first-order valence-electron chi connectivity index (χ1n) is 9.64. The lowest BCUT2D eigenvalue weighted by atomic mass is 9.84. The molecule has 2 aromatic heterocycles. The molecule has 1 atom stereocenters. The molecule has 0 radical (unpaired) electrons. The molecule has 2 saturated heterocycles. The Morgan fingerprint density at radius 3 is 2.65 bits per heavy atom. The van der Waals surface area contributed by atoms with Gasteiger partial charge in [-0.25, -0.2) is 9.78 Å². The first kappa shape index (κ1) is 22.9. The molecule has 170 valence electrons. The van der Waals surface area contributed by atoms with E-state index >= 15 is 0 Å². The average molecular weight is 443 g/mol. The van der Waals surface area contributed by atoms with E-state index in [1.54, 1.807) is 12.4 Å². The smallest absolute Gasteiger partial charge is 0.475 e. The maximum Gasteiger partial charge on any atom is 0.490 e. The lowest BCUT2D eigenvalue weighted by Gasteiger charge is -2.53. The van der Waals surface area contributed by atoms with Gasteiger partial charge >= 0.3 is 12.1 Å². The number of ether oxygens (including phenoxy) is 2. The maximum atomic E-state index is 10.6. The van der Waals surface area contributed by atoms with Gasteiger partial charge in [0.25, 0.3) is 0 Å². The van der Waals surface area contributed by atoms with Crippen molar-refractivity contribution in [2.75, 3.05) is 19.7 Å². The van der Waals surface area contributed by atoms with Crippen molar-refractivity contribution in [1.82, 2.24) is 24.6 Å². The fraction of sp³-hybridized carbons (Fsp3) is 0.579. The topological polar surface area (TPSA) is 103 Å². The number of rotatable bonds is 4. The first-order chi connectivity index (χ1) is 14.5. The number of hydrogen-bond acceptors (Lipinski definition) is 7. The van der Waals surface area contributed by atoms with Crippen LogP contribution in [-0.4, -0.2) is 73.3 Å². The minimum Gasteiger partial charge on any atom is -0.475 e. The summed E-state index contributed by atoms with van der Waals surface area (Å²) in [4.78, 5) is 19.8. The van der Waals surface area contributed by atoms with Crippen molar-refractivity contribution in [3.05, 3.63) is 36.0 Å². The Morgan fingerprint density at radius 1 is 1.35 bits per heavy atom. The molecular formula is C19H24F3N5O4. The van der Waals surface area contributed by atoms with Crippen molar-refractivity contribution in [1.29, 1.82) is 0 Å². The summed E-state index contributed by atoms with van der Waals surface area (Å²) >= 11 is 0. The quantitative estimate of drug-likeness (QED) is 0.765. The number of carbonyl (C=O) groups is 1. The molecule has 4 heterocycles. The van der Waals surface area contributed by atoms with Gasteiger partial charge in [-0.2, -0.15) is 18.3 Å². The number of carboxylic acids is 1. The van der Waals surface area contributed by atoms with Gasteiger partial charge in [0.05, 0.1) is 30.3 Å². The number of carboxylic acid groups (broad SMARTS) is 1. The second kappa shape index (κ2) is 9.18. The van der Waals surface area contributed by atoms with Gasteiger partial charge in [0.15, 0.2) is 0 Å². The monoisotopic (exact) mass is 443 g/mol. The van der Waals surface area contributed by atoms with Crippen LogP contribution in [0, 0.1) is 6.92 Å². The van der Waals surface area contributed by atoms with Gasteiger partial charge in [0, 0.05) is 57.5 Å².